The minimum Gasteiger partial charge on any atom is -0.493 e. The van der Waals surface area contributed by atoms with Crippen LogP contribution in [0.2, 0.25) is 5.02 Å². The molecule has 150 valence electrons. The quantitative estimate of drug-likeness (QED) is 0.672. The number of amides is 1. The lowest BCUT2D eigenvalue weighted by Gasteiger charge is -2.14. The summed E-state index contributed by atoms with van der Waals surface area (Å²) in [7, 11) is 4.46. The molecule has 2 rings (SSSR count). The first-order valence-electron chi connectivity index (χ1n) is 8.07. The van der Waals surface area contributed by atoms with E-state index >= 15 is 0 Å². The number of nitrogens with one attached hydrogen (secondary N) is 1. The largest absolute Gasteiger partial charge is 0.493 e. The molecule has 1 N–H and O–H groups in total. The Balaban J connectivity index is 1.94. The second kappa shape index (κ2) is 9.80. The van der Waals surface area contributed by atoms with Crippen LogP contribution in [0.15, 0.2) is 30.3 Å². The number of methoxy groups -OCH3 is 3. The van der Waals surface area contributed by atoms with Gasteiger partial charge in [-0.1, -0.05) is 11.6 Å². The van der Waals surface area contributed by atoms with Gasteiger partial charge >= 0.3 is 5.97 Å². The van der Waals surface area contributed by atoms with Gasteiger partial charge in [0.25, 0.3) is 5.91 Å². The summed E-state index contributed by atoms with van der Waals surface area (Å²) in [5, 5.41) is 2.51. The molecule has 7 nitrogen and oxygen atoms in total. The van der Waals surface area contributed by atoms with Gasteiger partial charge in [-0.3, -0.25) is 4.79 Å². The Bertz CT molecular complexity index is 848. The van der Waals surface area contributed by atoms with Crippen molar-refractivity contribution in [3.05, 3.63) is 52.3 Å². The molecule has 0 aliphatic carbocycles. The first kappa shape index (κ1) is 21.3. The van der Waals surface area contributed by atoms with E-state index in [1.165, 1.54) is 27.4 Å². The summed E-state index contributed by atoms with van der Waals surface area (Å²) >= 11 is 5.79. The Morgan fingerprint density at radius 3 is 2.21 bits per heavy atom. The van der Waals surface area contributed by atoms with E-state index in [0.717, 1.165) is 12.1 Å². The van der Waals surface area contributed by atoms with Crippen molar-refractivity contribution in [1.82, 2.24) is 5.32 Å². The van der Waals surface area contributed by atoms with Crippen LogP contribution in [0.1, 0.15) is 15.9 Å². The molecule has 0 bridgehead atoms. The van der Waals surface area contributed by atoms with Crippen molar-refractivity contribution in [3.8, 4) is 17.2 Å². The number of hydrogen-bond donors (Lipinski definition) is 1. The highest BCUT2D eigenvalue weighted by Crippen LogP contribution is 2.38. The standard InChI is InChI=1S/C19H19ClFNO6/c1-25-15-6-11(7-16(26-2)18(15)27-3)9-22-17(23)10-28-19(24)13-5-4-12(21)8-14(13)20/h4-8H,9-10H2,1-3H3,(H,22,23). The van der Waals surface area contributed by atoms with Gasteiger partial charge in [-0.05, 0) is 35.9 Å². The summed E-state index contributed by atoms with van der Waals surface area (Å²) < 4.78 is 33.6. The smallest absolute Gasteiger partial charge is 0.340 e. The molecule has 0 aliphatic rings. The Kier molecular flexibility index (Phi) is 7.45. The zero-order valence-electron chi connectivity index (χ0n) is 15.5. The molecular formula is C19H19ClFNO6. The maximum atomic E-state index is 13.0. The van der Waals surface area contributed by atoms with Crippen LogP contribution in [0.4, 0.5) is 4.39 Å². The van der Waals surface area contributed by atoms with Crippen molar-refractivity contribution in [2.75, 3.05) is 27.9 Å². The molecule has 2 aromatic carbocycles. The van der Waals surface area contributed by atoms with Gasteiger partial charge in [-0.2, -0.15) is 0 Å². The number of rotatable bonds is 8. The maximum absolute atomic E-state index is 13.0. The minimum absolute atomic E-state index is 0.0273. The predicted molar refractivity (Wildman–Crippen MR) is 99.6 cm³/mol. The molecule has 0 saturated heterocycles. The second-order valence-electron chi connectivity index (χ2n) is 5.51. The fraction of sp³-hybridized carbons (Fsp3) is 0.263. The van der Waals surface area contributed by atoms with Gasteiger partial charge in [0.1, 0.15) is 5.82 Å². The van der Waals surface area contributed by atoms with Gasteiger partial charge in [0.15, 0.2) is 18.1 Å². The van der Waals surface area contributed by atoms with Gasteiger partial charge in [0.2, 0.25) is 5.75 Å². The molecule has 1 amide bonds. The topological polar surface area (TPSA) is 83.1 Å². The second-order valence-corrected chi connectivity index (χ2v) is 5.92. The van der Waals surface area contributed by atoms with E-state index in [1.54, 1.807) is 12.1 Å². The van der Waals surface area contributed by atoms with Crippen LogP contribution in [0, 0.1) is 5.82 Å². The molecule has 0 aliphatic heterocycles. The molecular weight excluding hydrogens is 393 g/mol. The number of carbonyl (C=O) groups is 2. The minimum atomic E-state index is -0.826. The summed E-state index contributed by atoms with van der Waals surface area (Å²) in [6.45, 7) is -0.374. The van der Waals surface area contributed by atoms with Crippen LogP contribution in [0.25, 0.3) is 0 Å². The molecule has 0 atom stereocenters. The lowest BCUT2D eigenvalue weighted by molar-refractivity contribution is -0.124. The maximum Gasteiger partial charge on any atom is 0.340 e. The first-order chi connectivity index (χ1) is 13.4. The van der Waals surface area contributed by atoms with Crippen molar-refractivity contribution >= 4 is 23.5 Å². The van der Waals surface area contributed by atoms with E-state index in [9.17, 15) is 14.0 Å². The Labute approximate surface area is 166 Å². The van der Waals surface area contributed by atoms with Crippen molar-refractivity contribution < 1.29 is 32.9 Å². The number of carbonyl (C=O) groups excluding carboxylic acids is 2. The van der Waals surface area contributed by atoms with Crippen LogP contribution in [0.3, 0.4) is 0 Å². The third-order valence-corrected chi connectivity index (χ3v) is 4.01. The summed E-state index contributed by atoms with van der Waals surface area (Å²) in [6, 6.07) is 6.63. The van der Waals surface area contributed by atoms with Crippen molar-refractivity contribution in [2.24, 2.45) is 0 Å². The van der Waals surface area contributed by atoms with Crippen LogP contribution >= 0.6 is 11.6 Å². The first-order valence-corrected chi connectivity index (χ1v) is 8.45. The van der Waals surface area contributed by atoms with E-state index in [1.807, 2.05) is 0 Å². The van der Waals surface area contributed by atoms with Gasteiger partial charge < -0.3 is 24.3 Å². The fourth-order valence-corrected chi connectivity index (χ4v) is 2.60. The molecule has 9 heteroatoms. The molecule has 2 aromatic rings. The van der Waals surface area contributed by atoms with Gasteiger partial charge in [0, 0.05) is 6.54 Å². The number of hydrogen-bond acceptors (Lipinski definition) is 6. The lowest BCUT2D eigenvalue weighted by Crippen LogP contribution is -2.28. The Morgan fingerprint density at radius 2 is 1.68 bits per heavy atom. The molecule has 0 spiro atoms. The summed E-state index contributed by atoms with van der Waals surface area (Å²) in [5.41, 5.74) is 0.663. The van der Waals surface area contributed by atoms with Crippen LogP contribution < -0.4 is 19.5 Å². The molecule has 0 aromatic heterocycles. The van der Waals surface area contributed by atoms with Gasteiger partial charge in [-0.25, -0.2) is 9.18 Å². The van der Waals surface area contributed by atoms with Crippen LogP contribution in [-0.4, -0.2) is 39.8 Å². The summed E-state index contributed by atoms with van der Waals surface area (Å²) in [6.07, 6.45) is 0. The predicted octanol–water partition coefficient (Wildman–Crippen LogP) is 2.98. The molecule has 0 fully saturated rings. The average Bonchev–Trinajstić information content (AvgIpc) is 2.69. The highest BCUT2D eigenvalue weighted by atomic mass is 35.5. The number of ether oxygens (including phenoxy) is 4. The number of esters is 1. The third kappa shape index (κ3) is 5.26. The van der Waals surface area contributed by atoms with E-state index in [2.05, 4.69) is 5.32 Å². The van der Waals surface area contributed by atoms with Crippen molar-refractivity contribution in [1.29, 1.82) is 0 Å². The lowest BCUT2D eigenvalue weighted by atomic mass is 10.1. The van der Waals surface area contributed by atoms with E-state index in [4.69, 9.17) is 30.5 Å². The van der Waals surface area contributed by atoms with Gasteiger partial charge in [0.05, 0.1) is 31.9 Å². The fourth-order valence-electron chi connectivity index (χ4n) is 2.35. The highest BCUT2D eigenvalue weighted by molar-refractivity contribution is 6.33. The van der Waals surface area contributed by atoms with Gasteiger partial charge in [-0.15, -0.1) is 0 Å². The molecule has 28 heavy (non-hydrogen) atoms. The summed E-state index contributed by atoms with van der Waals surface area (Å²) in [4.78, 5) is 23.9. The highest BCUT2D eigenvalue weighted by Gasteiger charge is 2.16. The SMILES string of the molecule is COc1cc(CNC(=O)COC(=O)c2ccc(F)cc2Cl)cc(OC)c1OC. The summed E-state index contributed by atoms with van der Waals surface area (Å²) in [5.74, 6) is -0.602. The van der Waals surface area contributed by atoms with E-state index in [-0.39, 0.29) is 17.1 Å². The number of benzene rings is 2. The normalized spacial score (nSPS) is 10.2. The molecule has 0 unspecified atom stereocenters. The molecule has 0 saturated carbocycles. The molecule has 0 heterocycles. The zero-order chi connectivity index (χ0) is 20.7. The average molecular weight is 412 g/mol. The van der Waals surface area contributed by atoms with Crippen LogP contribution in [0.5, 0.6) is 17.2 Å². The molecule has 0 radical (unpaired) electrons. The van der Waals surface area contributed by atoms with E-state index in [0.29, 0.717) is 22.8 Å². The van der Waals surface area contributed by atoms with Crippen LogP contribution in [-0.2, 0) is 16.1 Å². The monoisotopic (exact) mass is 411 g/mol. The number of halogens is 2. The Hall–Kier alpha value is -3.00. The Morgan fingerprint density at radius 1 is 1.04 bits per heavy atom. The third-order valence-electron chi connectivity index (χ3n) is 3.70. The van der Waals surface area contributed by atoms with E-state index < -0.39 is 24.3 Å². The van der Waals surface area contributed by atoms with Crippen molar-refractivity contribution in [3.63, 3.8) is 0 Å². The van der Waals surface area contributed by atoms with Crippen molar-refractivity contribution in [2.45, 2.75) is 6.54 Å². The zero-order valence-corrected chi connectivity index (χ0v) is 16.3.